The van der Waals surface area contributed by atoms with Crippen LogP contribution in [-0.4, -0.2) is 11.9 Å². The number of hydrogen-bond donors (Lipinski definition) is 2. The van der Waals surface area contributed by atoms with Crippen LogP contribution < -0.4 is 11.1 Å². The molecule has 1 amide bonds. The van der Waals surface area contributed by atoms with Crippen LogP contribution in [0.3, 0.4) is 0 Å². The first-order valence-electron chi connectivity index (χ1n) is 6.18. The van der Waals surface area contributed by atoms with E-state index in [4.69, 9.17) is 17.3 Å². The quantitative estimate of drug-likeness (QED) is 0.757. The van der Waals surface area contributed by atoms with Crippen molar-refractivity contribution >= 4 is 45.8 Å². The summed E-state index contributed by atoms with van der Waals surface area (Å²) in [5, 5.41) is 3.35. The number of anilines is 1. The second-order valence-electron chi connectivity index (χ2n) is 5.90. The minimum Gasteiger partial charge on any atom is -0.327 e. The van der Waals surface area contributed by atoms with Gasteiger partial charge in [-0.3, -0.25) is 4.79 Å². The Bertz CT molecular complexity index is 457. The van der Waals surface area contributed by atoms with Crippen molar-refractivity contribution in [1.29, 1.82) is 0 Å². The van der Waals surface area contributed by atoms with E-state index in [1.807, 2.05) is 12.1 Å². The van der Waals surface area contributed by atoms with Crippen molar-refractivity contribution in [2.24, 2.45) is 11.1 Å². The molecule has 0 aromatic heterocycles. The normalized spacial score (nSPS) is 13.2. The van der Waals surface area contributed by atoms with E-state index in [1.54, 1.807) is 6.07 Å². The van der Waals surface area contributed by atoms with Gasteiger partial charge < -0.3 is 11.1 Å². The van der Waals surface area contributed by atoms with Crippen molar-refractivity contribution in [1.82, 2.24) is 0 Å². The molecule has 0 aliphatic carbocycles. The van der Waals surface area contributed by atoms with Gasteiger partial charge in [0.15, 0.2) is 0 Å². The molecule has 0 spiro atoms. The fourth-order valence-electron chi connectivity index (χ4n) is 1.89. The number of halogens is 2. The fraction of sp³-hybridized carbons (Fsp3) is 0.500. The molecular weight excluding hydrogens is 375 g/mol. The molecule has 1 aromatic carbocycles. The Balaban J connectivity index is 2.56. The van der Waals surface area contributed by atoms with Crippen LogP contribution in [0.4, 0.5) is 5.69 Å². The highest BCUT2D eigenvalue weighted by Crippen LogP contribution is 2.25. The minimum atomic E-state index is -0.136. The molecule has 0 saturated heterocycles. The number of nitrogens with one attached hydrogen (secondary N) is 1. The van der Waals surface area contributed by atoms with Crippen molar-refractivity contribution in [2.75, 3.05) is 5.32 Å². The molecule has 0 aliphatic heterocycles. The van der Waals surface area contributed by atoms with E-state index in [2.05, 4.69) is 48.7 Å². The number of nitrogens with two attached hydrogens (primary N) is 1. The molecule has 5 heteroatoms. The molecule has 1 rings (SSSR count). The van der Waals surface area contributed by atoms with Gasteiger partial charge in [0.05, 0.1) is 10.7 Å². The Morgan fingerprint density at radius 2 is 2.11 bits per heavy atom. The largest absolute Gasteiger partial charge is 0.327 e. The average molecular weight is 395 g/mol. The lowest BCUT2D eigenvalue weighted by Gasteiger charge is -2.22. The minimum absolute atomic E-state index is 0.0974. The lowest BCUT2D eigenvalue weighted by Crippen LogP contribution is -2.31. The van der Waals surface area contributed by atoms with Crippen LogP contribution in [0, 0.1) is 8.99 Å². The Hall–Kier alpha value is -0.330. The first-order valence-corrected chi connectivity index (χ1v) is 7.63. The van der Waals surface area contributed by atoms with Crippen LogP contribution in [0.1, 0.15) is 33.6 Å². The first-order chi connectivity index (χ1) is 8.67. The smallest absolute Gasteiger partial charge is 0.225 e. The maximum absolute atomic E-state index is 11.9. The number of amides is 1. The monoisotopic (exact) mass is 394 g/mol. The fourth-order valence-corrected chi connectivity index (χ4v) is 2.79. The van der Waals surface area contributed by atoms with Gasteiger partial charge in [-0.05, 0) is 52.6 Å². The summed E-state index contributed by atoms with van der Waals surface area (Å²) in [5.74, 6) is -0.0974. The summed E-state index contributed by atoms with van der Waals surface area (Å²) in [4.78, 5) is 11.9. The second-order valence-corrected chi connectivity index (χ2v) is 7.55. The summed E-state index contributed by atoms with van der Waals surface area (Å²) in [6.07, 6.45) is 1.11. The Labute approximate surface area is 133 Å². The molecule has 0 fully saturated rings. The Kier molecular flexibility index (Phi) is 6.08. The summed E-state index contributed by atoms with van der Waals surface area (Å²) in [7, 11) is 0. The number of carbonyl (C=O) groups excluding carboxylic acids is 1. The summed E-state index contributed by atoms with van der Waals surface area (Å²) in [6, 6.07) is 5.38. The summed E-state index contributed by atoms with van der Waals surface area (Å²) in [6.45, 7) is 6.34. The molecule has 19 heavy (non-hydrogen) atoms. The zero-order valence-corrected chi connectivity index (χ0v) is 14.4. The average Bonchev–Trinajstić information content (AvgIpc) is 2.19. The predicted molar refractivity (Wildman–Crippen MR) is 89.5 cm³/mol. The number of rotatable bonds is 4. The van der Waals surface area contributed by atoms with Gasteiger partial charge in [0.2, 0.25) is 5.91 Å². The summed E-state index contributed by atoms with van der Waals surface area (Å²) in [5.41, 5.74) is 6.74. The van der Waals surface area contributed by atoms with Crippen molar-refractivity contribution in [3.8, 4) is 0 Å². The molecule has 1 unspecified atom stereocenters. The number of carbonyl (C=O) groups is 1. The van der Waals surface area contributed by atoms with Gasteiger partial charge in [0, 0.05) is 16.0 Å². The molecule has 0 saturated carbocycles. The zero-order chi connectivity index (χ0) is 14.6. The van der Waals surface area contributed by atoms with E-state index in [-0.39, 0.29) is 17.4 Å². The zero-order valence-electron chi connectivity index (χ0n) is 11.5. The third kappa shape index (κ3) is 6.58. The van der Waals surface area contributed by atoms with E-state index >= 15 is 0 Å². The molecule has 0 aliphatic rings. The highest BCUT2D eigenvalue weighted by Gasteiger charge is 2.18. The highest BCUT2D eigenvalue weighted by atomic mass is 127. The Morgan fingerprint density at radius 3 is 2.63 bits per heavy atom. The third-order valence-electron chi connectivity index (χ3n) is 2.53. The molecule has 0 bridgehead atoms. The van der Waals surface area contributed by atoms with E-state index in [0.29, 0.717) is 17.1 Å². The van der Waals surface area contributed by atoms with Crippen LogP contribution in [0.2, 0.25) is 5.02 Å². The van der Waals surface area contributed by atoms with Crippen molar-refractivity contribution < 1.29 is 4.79 Å². The standard InChI is InChI=1S/C14H20ClIN2O/c1-14(2,3)8-10(17)7-13(19)18-12-5-4-9(16)6-11(12)15/h4-6,10H,7-8,17H2,1-3H3,(H,18,19). The summed E-state index contributed by atoms with van der Waals surface area (Å²) >= 11 is 8.24. The van der Waals surface area contributed by atoms with Gasteiger partial charge in [0.25, 0.3) is 0 Å². The van der Waals surface area contributed by atoms with Crippen LogP contribution in [0.25, 0.3) is 0 Å². The van der Waals surface area contributed by atoms with Crippen LogP contribution in [0.5, 0.6) is 0 Å². The summed E-state index contributed by atoms with van der Waals surface area (Å²) < 4.78 is 1.03. The van der Waals surface area contributed by atoms with Crippen molar-refractivity contribution in [3.05, 3.63) is 26.8 Å². The lowest BCUT2D eigenvalue weighted by molar-refractivity contribution is -0.116. The Morgan fingerprint density at radius 1 is 1.47 bits per heavy atom. The van der Waals surface area contributed by atoms with Gasteiger partial charge in [-0.1, -0.05) is 32.4 Å². The van der Waals surface area contributed by atoms with Gasteiger partial charge in [0.1, 0.15) is 0 Å². The molecule has 106 valence electrons. The van der Waals surface area contributed by atoms with Crippen molar-refractivity contribution in [2.45, 2.75) is 39.7 Å². The van der Waals surface area contributed by atoms with Crippen LogP contribution >= 0.6 is 34.2 Å². The molecule has 1 atom stereocenters. The molecular formula is C14H20ClIN2O. The van der Waals surface area contributed by atoms with Crippen molar-refractivity contribution in [3.63, 3.8) is 0 Å². The lowest BCUT2D eigenvalue weighted by atomic mass is 9.87. The molecule has 3 N–H and O–H groups in total. The maximum atomic E-state index is 11.9. The SMILES string of the molecule is CC(C)(C)CC(N)CC(=O)Nc1ccc(I)cc1Cl. The third-order valence-corrected chi connectivity index (χ3v) is 3.51. The van der Waals surface area contributed by atoms with E-state index in [1.165, 1.54) is 0 Å². The van der Waals surface area contributed by atoms with E-state index < -0.39 is 0 Å². The maximum Gasteiger partial charge on any atom is 0.225 e. The molecule has 0 radical (unpaired) electrons. The highest BCUT2D eigenvalue weighted by molar-refractivity contribution is 14.1. The van der Waals surface area contributed by atoms with E-state index in [0.717, 1.165) is 9.99 Å². The molecule has 1 aromatic rings. The van der Waals surface area contributed by atoms with Crippen LogP contribution in [-0.2, 0) is 4.79 Å². The first kappa shape index (κ1) is 16.7. The van der Waals surface area contributed by atoms with E-state index in [9.17, 15) is 4.79 Å². The van der Waals surface area contributed by atoms with Gasteiger partial charge in [-0.15, -0.1) is 0 Å². The second kappa shape index (κ2) is 6.90. The molecule has 3 nitrogen and oxygen atoms in total. The number of benzene rings is 1. The van der Waals surface area contributed by atoms with Gasteiger partial charge in [-0.25, -0.2) is 0 Å². The van der Waals surface area contributed by atoms with Gasteiger partial charge in [-0.2, -0.15) is 0 Å². The van der Waals surface area contributed by atoms with Crippen LogP contribution in [0.15, 0.2) is 18.2 Å². The number of hydrogen-bond acceptors (Lipinski definition) is 2. The topological polar surface area (TPSA) is 55.1 Å². The van der Waals surface area contributed by atoms with Gasteiger partial charge >= 0.3 is 0 Å². The predicted octanol–water partition coefficient (Wildman–Crippen LogP) is 4.04. The molecule has 0 heterocycles.